The molecule has 1 heterocycles. The molecule has 0 saturated carbocycles. The number of halogens is 1. The van der Waals surface area contributed by atoms with Crippen LogP contribution in [0.3, 0.4) is 0 Å². The molecule has 0 aliphatic carbocycles. The van der Waals surface area contributed by atoms with Gasteiger partial charge in [0.25, 0.3) is 0 Å². The van der Waals surface area contributed by atoms with Crippen molar-refractivity contribution in [2.75, 3.05) is 6.61 Å². The van der Waals surface area contributed by atoms with Gasteiger partial charge >= 0.3 is 0 Å². The van der Waals surface area contributed by atoms with Crippen LogP contribution >= 0.6 is 11.6 Å². The van der Waals surface area contributed by atoms with Crippen molar-refractivity contribution in [1.82, 2.24) is 14.8 Å². The van der Waals surface area contributed by atoms with Gasteiger partial charge in [-0.05, 0) is 24.1 Å². The van der Waals surface area contributed by atoms with E-state index in [9.17, 15) is 0 Å². The third-order valence-electron chi connectivity index (χ3n) is 3.38. The fraction of sp³-hybridized carbons (Fsp3) is 0.500. The van der Waals surface area contributed by atoms with Crippen molar-refractivity contribution in [1.29, 1.82) is 0 Å². The van der Waals surface area contributed by atoms with Crippen molar-refractivity contribution >= 4 is 11.6 Å². The summed E-state index contributed by atoms with van der Waals surface area (Å²) in [6.07, 6.45) is 8.04. The lowest BCUT2D eigenvalue weighted by Crippen LogP contribution is -2.14. The van der Waals surface area contributed by atoms with Crippen molar-refractivity contribution < 1.29 is 4.74 Å². The third kappa shape index (κ3) is 5.48. The lowest BCUT2D eigenvalue weighted by Gasteiger charge is -2.18. The number of unbranched alkanes of at least 4 members (excludes halogenated alkanes) is 3. The summed E-state index contributed by atoms with van der Waals surface area (Å²) in [6.45, 7) is 3.64. The molecule has 2 aromatic rings. The molecule has 21 heavy (non-hydrogen) atoms. The SMILES string of the molecule is CCCCCCOC(Cn1cncn1)c1ccc(Cl)cc1. The van der Waals surface area contributed by atoms with E-state index in [1.807, 2.05) is 24.3 Å². The largest absolute Gasteiger partial charge is 0.372 e. The van der Waals surface area contributed by atoms with Gasteiger partial charge in [-0.15, -0.1) is 0 Å². The van der Waals surface area contributed by atoms with Crippen LogP contribution in [0, 0.1) is 0 Å². The zero-order valence-corrected chi connectivity index (χ0v) is 13.2. The van der Waals surface area contributed by atoms with Gasteiger partial charge in [0.05, 0.1) is 6.54 Å². The van der Waals surface area contributed by atoms with Crippen LogP contribution in [0.4, 0.5) is 0 Å². The summed E-state index contributed by atoms with van der Waals surface area (Å²) in [6, 6.07) is 7.81. The van der Waals surface area contributed by atoms with Crippen molar-refractivity contribution in [3.05, 3.63) is 47.5 Å². The molecule has 0 saturated heterocycles. The molecule has 0 aliphatic rings. The van der Waals surface area contributed by atoms with Gasteiger partial charge in [-0.1, -0.05) is 49.9 Å². The molecule has 1 atom stereocenters. The summed E-state index contributed by atoms with van der Waals surface area (Å²) >= 11 is 5.95. The third-order valence-corrected chi connectivity index (χ3v) is 3.63. The molecule has 0 N–H and O–H groups in total. The Bertz CT molecular complexity index is 499. The second kappa shape index (κ2) is 8.80. The normalized spacial score (nSPS) is 12.5. The minimum atomic E-state index is -0.0226. The number of nitrogens with zero attached hydrogens (tertiary/aromatic N) is 3. The summed E-state index contributed by atoms with van der Waals surface area (Å²) in [5, 5.41) is 4.89. The molecule has 1 aromatic heterocycles. The van der Waals surface area contributed by atoms with Crippen molar-refractivity contribution in [3.63, 3.8) is 0 Å². The molecule has 0 amide bonds. The van der Waals surface area contributed by atoms with E-state index in [-0.39, 0.29) is 6.10 Å². The molecule has 4 nitrogen and oxygen atoms in total. The van der Waals surface area contributed by atoms with Crippen LogP contribution in [0.1, 0.15) is 44.3 Å². The highest BCUT2D eigenvalue weighted by Crippen LogP contribution is 2.22. The summed E-state index contributed by atoms with van der Waals surface area (Å²) in [5.74, 6) is 0. The molecule has 1 unspecified atom stereocenters. The lowest BCUT2D eigenvalue weighted by atomic mass is 10.1. The average molecular weight is 308 g/mol. The number of rotatable bonds is 9. The summed E-state index contributed by atoms with van der Waals surface area (Å²) in [5.41, 5.74) is 1.12. The van der Waals surface area contributed by atoms with Gasteiger partial charge in [-0.3, -0.25) is 4.68 Å². The Hall–Kier alpha value is -1.39. The van der Waals surface area contributed by atoms with Crippen molar-refractivity contribution in [2.45, 2.75) is 45.3 Å². The first-order chi connectivity index (χ1) is 10.3. The van der Waals surface area contributed by atoms with E-state index in [0.717, 1.165) is 23.6 Å². The summed E-state index contributed by atoms with van der Waals surface area (Å²) < 4.78 is 7.85. The van der Waals surface area contributed by atoms with E-state index in [1.165, 1.54) is 19.3 Å². The molecule has 0 spiro atoms. The molecule has 0 radical (unpaired) electrons. The minimum Gasteiger partial charge on any atom is -0.372 e. The summed E-state index contributed by atoms with van der Waals surface area (Å²) in [4.78, 5) is 3.98. The highest BCUT2D eigenvalue weighted by molar-refractivity contribution is 6.30. The van der Waals surface area contributed by atoms with E-state index >= 15 is 0 Å². The van der Waals surface area contributed by atoms with Crippen LogP contribution in [0.15, 0.2) is 36.9 Å². The molecule has 114 valence electrons. The predicted octanol–water partition coefficient (Wildman–Crippen LogP) is 4.27. The number of hydrogen-bond donors (Lipinski definition) is 0. The molecule has 0 bridgehead atoms. The van der Waals surface area contributed by atoms with E-state index in [0.29, 0.717) is 6.54 Å². The Morgan fingerprint density at radius 3 is 2.67 bits per heavy atom. The average Bonchev–Trinajstić information content (AvgIpc) is 3.00. The van der Waals surface area contributed by atoms with Gasteiger partial charge in [-0.2, -0.15) is 5.10 Å². The maximum Gasteiger partial charge on any atom is 0.137 e. The zero-order valence-electron chi connectivity index (χ0n) is 12.4. The Kier molecular flexibility index (Phi) is 6.70. The Morgan fingerprint density at radius 1 is 1.19 bits per heavy atom. The summed E-state index contributed by atoms with van der Waals surface area (Å²) in [7, 11) is 0. The van der Waals surface area contributed by atoms with Crippen molar-refractivity contribution in [2.24, 2.45) is 0 Å². The van der Waals surface area contributed by atoms with E-state index in [1.54, 1.807) is 17.3 Å². The first-order valence-electron chi connectivity index (χ1n) is 7.49. The minimum absolute atomic E-state index is 0.0226. The molecule has 0 fully saturated rings. The Labute approximate surface area is 131 Å². The van der Waals surface area contributed by atoms with Gasteiger partial charge in [0.15, 0.2) is 0 Å². The van der Waals surface area contributed by atoms with Gasteiger partial charge in [0, 0.05) is 11.6 Å². The maximum absolute atomic E-state index is 6.06. The molecular formula is C16H22ClN3O. The van der Waals surface area contributed by atoms with Crippen LogP contribution in [0.2, 0.25) is 5.02 Å². The van der Waals surface area contributed by atoms with Gasteiger partial charge in [0.2, 0.25) is 0 Å². The monoisotopic (exact) mass is 307 g/mol. The first kappa shape index (κ1) is 16.0. The van der Waals surface area contributed by atoms with Crippen LogP contribution in [0.5, 0.6) is 0 Å². The fourth-order valence-electron chi connectivity index (χ4n) is 2.18. The Morgan fingerprint density at radius 2 is 2.00 bits per heavy atom. The van der Waals surface area contributed by atoms with E-state index in [2.05, 4.69) is 17.0 Å². The number of benzene rings is 1. The van der Waals surface area contributed by atoms with E-state index < -0.39 is 0 Å². The van der Waals surface area contributed by atoms with Crippen LogP contribution in [-0.2, 0) is 11.3 Å². The molecule has 2 rings (SSSR count). The highest BCUT2D eigenvalue weighted by Gasteiger charge is 2.13. The van der Waals surface area contributed by atoms with Crippen LogP contribution < -0.4 is 0 Å². The quantitative estimate of drug-likeness (QED) is 0.649. The highest BCUT2D eigenvalue weighted by atomic mass is 35.5. The van der Waals surface area contributed by atoms with Crippen LogP contribution in [-0.4, -0.2) is 21.4 Å². The van der Waals surface area contributed by atoms with Gasteiger partial charge in [-0.25, -0.2) is 4.98 Å². The smallest absolute Gasteiger partial charge is 0.137 e. The molecule has 5 heteroatoms. The number of ether oxygens (including phenoxy) is 1. The van der Waals surface area contributed by atoms with Gasteiger partial charge in [0.1, 0.15) is 18.8 Å². The second-order valence-corrected chi connectivity index (χ2v) is 5.53. The molecule has 1 aromatic carbocycles. The first-order valence-corrected chi connectivity index (χ1v) is 7.87. The van der Waals surface area contributed by atoms with Crippen molar-refractivity contribution in [3.8, 4) is 0 Å². The van der Waals surface area contributed by atoms with Crippen LogP contribution in [0.25, 0.3) is 0 Å². The maximum atomic E-state index is 6.06. The standard InChI is InChI=1S/C16H22ClN3O/c1-2-3-4-5-10-21-16(11-20-13-18-12-19-20)14-6-8-15(17)9-7-14/h6-9,12-13,16H,2-5,10-11H2,1H3. The lowest BCUT2D eigenvalue weighted by molar-refractivity contribution is 0.0356. The second-order valence-electron chi connectivity index (χ2n) is 5.09. The Balaban J connectivity index is 1.94. The van der Waals surface area contributed by atoms with Gasteiger partial charge < -0.3 is 4.74 Å². The van der Waals surface area contributed by atoms with E-state index in [4.69, 9.17) is 16.3 Å². The number of aromatic nitrogens is 3. The molecule has 0 aliphatic heterocycles. The molecular weight excluding hydrogens is 286 g/mol. The number of hydrogen-bond acceptors (Lipinski definition) is 3. The predicted molar refractivity (Wildman–Crippen MR) is 84.3 cm³/mol. The zero-order chi connectivity index (χ0) is 14.9. The topological polar surface area (TPSA) is 39.9 Å². The fourth-order valence-corrected chi connectivity index (χ4v) is 2.31.